The highest BCUT2D eigenvalue weighted by Crippen LogP contribution is 2.56. The molecule has 3 heteroatoms. The normalized spacial score (nSPS) is 32.8. The fraction of sp³-hybridized carbons (Fsp3) is 0.412. The number of fused-ring (bicyclic) bond motifs is 1. The molecule has 0 saturated heterocycles. The van der Waals surface area contributed by atoms with E-state index in [0.717, 1.165) is 5.56 Å². The van der Waals surface area contributed by atoms with Crippen molar-refractivity contribution in [1.29, 1.82) is 0 Å². The van der Waals surface area contributed by atoms with Crippen LogP contribution in [0.25, 0.3) is 0 Å². The second kappa shape index (κ2) is 4.58. The highest BCUT2D eigenvalue weighted by Gasteiger charge is 2.58. The zero-order chi connectivity index (χ0) is 14.4. The standard InChI is InChI=1S/C17H18O3/c1-9-12(11-7-5-4-6-8-11)14-13(9)16(19)17(20-3)10(2)15(14)18/h4-9,12-14H,1-3H3/t9-,12+,13-,14+/m1/s1. The van der Waals surface area contributed by atoms with Crippen molar-refractivity contribution in [2.45, 2.75) is 19.8 Å². The van der Waals surface area contributed by atoms with Crippen molar-refractivity contribution in [3.05, 3.63) is 47.2 Å². The lowest BCUT2D eigenvalue weighted by molar-refractivity contribution is -0.145. The smallest absolute Gasteiger partial charge is 0.201 e. The van der Waals surface area contributed by atoms with Gasteiger partial charge in [-0.25, -0.2) is 0 Å². The zero-order valence-corrected chi connectivity index (χ0v) is 11.9. The van der Waals surface area contributed by atoms with Gasteiger partial charge < -0.3 is 4.74 Å². The summed E-state index contributed by atoms with van der Waals surface area (Å²) in [7, 11) is 1.46. The summed E-state index contributed by atoms with van der Waals surface area (Å²) >= 11 is 0. The average molecular weight is 270 g/mol. The Morgan fingerprint density at radius 2 is 1.60 bits per heavy atom. The summed E-state index contributed by atoms with van der Waals surface area (Å²) < 4.78 is 5.14. The van der Waals surface area contributed by atoms with Gasteiger partial charge in [-0.15, -0.1) is 0 Å². The average Bonchev–Trinajstić information content (AvgIpc) is 2.44. The third-order valence-corrected chi connectivity index (χ3v) is 4.83. The summed E-state index contributed by atoms with van der Waals surface area (Å²) in [5, 5.41) is 0. The Bertz CT molecular complexity index is 600. The summed E-state index contributed by atoms with van der Waals surface area (Å²) in [5.74, 6) is 0.218. The van der Waals surface area contributed by atoms with Crippen molar-refractivity contribution in [2.24, 2.45) is 17.8 Å². The topological polar surface area (TPSA) is 43.4 Å². The van der Waals surface area contributed by atoms with Crippen LogP contribution < -0.4 is 0 Å². The summed E-state index contributed by atoms with van der Waals surface area (Å²) in [6, 6.07) is 10.0. The fourth-order valence-corrected chi connectivity index (χ4v) is 3.82. The Morgan fingerprint density at radius 3 is 2.20 bits per heavy atom. The number of hydrogen-bond acceptors (Lipinski definition) is 3. The second-order valence-electron chi connectivity index (χ2n) is 5.73. The molecule has 0 spiro atoms. The second-order valence-corrected chi connectivity index (χ2v) is 5.73. The highest BCUT2D eigenvalue weighted by atomic mass is 16.5. The Balaban J connectivity index is 2.01. The third kappa shape index (κ3) is 1.59. The first-order valence-electron chi connectivity index (χ1n) is 6.96. The maximum absolute atomic E-state index is 12.5. The van der Waals surface area contributed by atoms with Crippen LogP contribution in [0.4, 0.5) is 0 Å². The molecule has 0 N–H and O–H groups in total. The number of methoxy groups -OCH3 is 1. The van der Waals surface area contributed by atoms with E-state index in [2.05, 4.69) is 6.92 Å². The Labute approximate surface area is 118 Å². The molecule has 3 rings (SSSR count). The van der Waals surface area contributed by atoms with Gasteiger partial charge >= 0.3 is 0 Å². The van der Waals surface area contributed by atoms with E-state index in [1.807, 2.05) is 30.3 Å². The Hall–Kier alpha value is -1.90. The first-order chi connectivity index (χ1) is 9.57. The van der Waals surface area contributed by atoms with E-state index in [1.54, 1.807) is 6.92 Å². The van der Waals surface area contributed by atoms with Crippen molar-refractivity contribution in [1.82, 2.24) is 0 Å². The summed E-state index contributed by atoms with van der Waals surface area (Å²) in [6.07, 6.45) is 0. The molecular weight excluding hydrogens is 252 g/mol. The quantitative estimate of drug-likeness (QED) is 0.830. The number of Topliss-reactive ketones (excluding diaryl/α,β-unsaturated/α-hetero) is 2. The number of carbonyl (C=O) groups excluding carboxylic acids is 2. The molecule has 2 aliphatic rings. The van der Waals surface area contributed by atoms with Crippen LogP contribution in [0.2, 0.25) is 0 Å². The van der Waals surface area contributed by atoms with Gasteiger partial charge in [-0.05, 0) is 24.3 Å². The number of benzene rings is 1. The maximum atomic E-state index is 12.5. The lowest BCUT2D eigenvalue weighted by Gasteiger charge is -2.51. The molecule has 104 valence electrons. The minimum atomic E-state index is -0.216. The van der Waals surface area contributed by atoms with Crippen molar-refractivity contribution in [2.75, 3.05) is 7.11 Å². The van der Waals surface area contributed by atoms with Crippen LogP contribution in [0, 0.1) is 17.8 Å². The van der Waals surface area contributed by atoms with E-state index in [-0.39, 0.29) is 41.0 Å². The van der Waals surface area contributed by atoms with E-state index in [0.29, 0.717) is 5.57 Å². The molecule has 1 saturated carbocycles. The number of ether oxygens (including phenoxy) is 1. The van der Waals surface area contributed by atoms with Crippen LogP contribution in [-0.4, -0.2) is 18.7 Å². The largest absolute Gasteiger partial charge is 0.493 e. The van der Waals surface area contributed by atoms with Gasteiger partial charge in [0.25, 0.3) is 0 Å². The molecule has 2 aliphatic carbocycles. The van der Waals surface area contributed by atoms with Crippen LogP contribution in [0.3, 0.4) is 0 Å². The molecule has 0 aromatic heterocycles. The first-order valence-corrected chi connectivity index (χ1v) is 6.96. The van der Waals surface area contributed by atoms with Crippen LogP contribution in [0.1, 0.15) is 25.3 Å². The summed E-state index contributed by atoms with van der Waals surface area (Å²) in [6.45, 7) is 3.75. The fourth-order valence-electron chi connectivity index (χ4n) is 3.82. The highest BCUT2D eigenvalue weighted by molar-refractivity contribution is 6.14. The molecule has 0 heterocycles. The molecule has 0 aliphatic heterocycles. The predicted molar refractivity (Wildman–Crippen MR) is 75.1 cm³/mol. The van der Waals surface area contributed by atoms with Crippen molar-refractivity contribution in [3.63, 3.8) is 0 Å². The zero-order valence-electron chi connectivity index (χ0n) is 11.9. The molecule has 4 atom stereocenters. The van der Waals surface area contributed by atoms with Gasteiger partial charge in [0.2, 0.25) is 5.78 Å². The summed E-state index contributed by atoms with van der Waals surface area (Å²) in [4.78, 5) is 25.0. The molecule has 1 aromatic carbocycles. The predicted octanol–water partition coefficient (Wildman–Crippen LogP) is 2.72. The minimum absolute atomic E-state index is 0.00530. The molecule has 0 radical (unpaired) electrons. The number of carbonyl (C=O) groups is 2. The van der Waals surface area contributed by atoms with Gasteiger partial charge in [0, 0.05) is 17.4 Å². The van der Waals surface area contributed by atoms with Crippen molar-refractivity contribution < 1.29 is 14.3 Å². The molecule has 0 bridgehead atoms. The van der Waals surface area contributed by atoms with E-state index in [9.17, 15) is 9.59 Å². The first kappa shape index (κ1) is 13.1. The molecule has 3 nitrogen and oxygen atoms in total. The number of rotatable bonds is 2. The number of allylic oxidation sites excluding steroid dienone is 2. The van der Waals surface area contributed by atoms with Crippen LogP contribution >= 0.6 is 0 Å². The number of ketones is 2. The SMILES string of the molecule is COC1=C(C)C(=O)[C@@H]2[C@H](C1=O)[C@H](C)[C@H]2c1ccccc1. The van der Waals surface area contributed by atoms with Gasteiger partial charge in [0.15, 0.2) is 11.5 Å². The Kier molecular flexibility index (Phi) is 3.00. The lowest BCUT2D eigenvalue weighted by Crippen LogP contribution is -2.55. The molecule has 0 amide bonds. The molecule has 1 fully saturated rings. The van der Waals surface area contributed by atoms with E-state index < -0.39 is 0 Å². The Morgan fingerprint density at radius 1 is 0.950 bits per heavy atom. The van der Waals surface area contributed by atoms with E-state index in [4.69, 9.17) is 4.74 Å². The van der Waals surface area contributed by atoms with Gasteiger partial charge in [-0.3, -0.25) is 9.59 Å². The van der Waals surface area contributed by atoms with E-state index in [1.165, 1.54) is 7.11 Å². The van der Waals surface area contributed by atoms with Gasteiger partial charge in [-0.1, -0.05) is 37.3 Å². The minimum Gasteiger partial charge on any atom is -0.493 e. The molecule has 0 unspecified atom stereocenters. The maximum Gasteiger partial charge on any atom is 0.201 e. The molecule has 20 heavy (non-hydrogen) atoms. The molecule has 1 aromatic rings. The van der Waals surface area contributed by atoms with Crippen molar-refractivity contribution in [3.8, 4) is 0 Å². The van der Waals surface area contributed by atoms with Crippen molar-refractivity contribution >= 4 is 11.6 Å². The van der Waals surface area contributed by atoms with E-state index >= 15 is 0 Å². The summed E-state index contributed by atoms with van der Waals surface area (Å²) in [5.41, 5.74) is 1.63. The lowest BCUT2D eigenvalue weighted by atomic mass is 9.50. The number of hydrogen-bond donors (Lipinski definition) is 0. The van der Waals surface area contributed by atoms with Crippen LogP contribution in [-0.2, 0) is 14.3 Å². The van der Waals surface area contributed by atoms with Crippen LogP contribution in [0.15, 0.2) is 41.7 Å². The van der Waals surface area contributed by atoms with Gasteiger partial charge in [-0.2, -0.15) is 0 Å². The van der Waals surface area contributed by atoms with Crippen LogP contribution in [0.5, 0.6) is 0 Å². The van der Waals surface area contributed by atoms with Gasteiger partial charge in [0.1, 0.15) is 0 Å². The monoisotopic (exact) mass is 270 g/mol. The van der Waals surface area contributed by atoms with Gasteiger partial charge in [0.05, 0.1) is 7.11 Å². The third-order valence-electron chi connectivity index (χ3n) is 4.83. The molecular formula is C17H18O3.